The van der Waals surface area contributed by atoms with E-state index in [4.69, 9.17) is 0 Å². The molecule has 6 heteroatoms. The van der Waals surface area contributed by atoms with Crippen molar-refractivity contribution in [3.63, 3.8) is 0 Å². The summed E-state index contributed by atoms with van der Waals surface area (Å²) in [7, 11) is -3.92. The molecule has 1 N–H and O–H groups in total. The van der Waals surface area contributed by atoms with Crippen LogP contribution in [0.25, 0.3) is 0 Å². The summed E-state index contributed by atoms with van der Waals surface area (Å²) in [5, 5.41) is 2.93. The molecule has 0 aliphatic rings. The summed E-state index contributed by atoms with van der Waals surface area (Å²) >= 11 is 0. The third-order valence-electron chi connectivity index (χ3n) is 5.65. The van der Waals surface area contributed by atoms with Crippen molar-refractivity contribution in [2.75, 3.05) is 10.8 Å². The number of hydrogen-bond acceptors (Lipinski definition) is 3. The Balaban J connectivity index is 1.89. The van der Waals surface area contributed by atoms with Gasteiger partial charge < -0.3 is 5.32 Å². The molecular weight excluding hydrogens is 432 g/mol. The molecule has 0 atom stereocenters. The van der Waals surface area contributed by atoms with Gasteiger partial charge in [-0.15, -0.1) is 0 Å². The largest absolute Gasteiger partial charge is 0.350 e. The Kier molecular flexibility index (Phi) is 7.92. The highest BCUT2D eigenvalue weighted by molar-refractivity contribution is 7.92. The fraction of sp³-hybridized carbons (Fsp3) is 0.296. The van der Waals surface area contributed by atoms with Gasteiger partial charge in [0.1, 0.15) is 6.54 Å². The number of amides is 1. The smallest absolute Gasteiger partial charge is 0.264 e. The first kappa shape index (κ1) is 24.5. The molecule has 0 saturated carbocycles. The molecular formula is C27H32N2O3S. The summed E-state index contributed by atoms with van der Waals surface area (Å²) in [5.41, 5.74) is 5.80. The van der Waals surface area contributed by atoms with Gasteiger partial charge in [-0.3, -0.25) is 9.10 Å². The lowest BCUT2D eigenvalue weighted by atomic mass is 10.0. The van der Waals surface area contributed by atoms with Crippen LogP contribution < -0.4 is 9.62 Å². The lowest BCUT2D eigenvalue weighted by Crippen LogP contribution is -2.40. The monoisotopic (exact) mass is 464 g/mol. The molecule has 174 valence electrons. The highest BCUT2D eigenvalue weighted by Gasteiger charge is 2.27. The zero-order valence-corrected chi connectivity index (χ0v) is 20.6. The van der Waals surface area contributed by atoms with E-state index in [0.717, 1.165) is 29.5 Å². The highest BCUT2D eigenvalue weighted by Crippen LogP contribution is 2.26. The van der Waals surface area contributed by atoms with Crippen molar-refractivity contribution in [3.05, 3.63) is 94.5 Å². The molecule has 0 aromatic heterocycles. The summed E-state index contributed by atoms with van der Waals surface area (Å²) in [6, 6.07) is 20.1. The normalized spacial score (nSPS) is 11.3. The zero-order chi connectivity index (χ0) is 24.0. The first-order chi connectivity index (χ1) is 15.7. The van der Waals surface area contributed by atoms with Crippen molar-refractivity contribution in [3.8, 4) is 0 Å². The Morgan fingerprint density at radius 3 is 2.12 bits per heavy atom. The molecule has 0 aliphatic heterocycles. The van der Waals surface area contributed by atoms with E-state index in [-0.39, 0.29) is 17.3 Å². The van der Waals surface area contributed by atoms with Crippen LogP contribution in [0.1, 0.15) is 41.7 Å². The first-order valence-electron chi connectivity index (χ1n) is 11.3. The topological polar surface area (TPSA) is 66.5 Å². The van der Waals surface area contributed by atoms with Crippen molar-refractivity contribution in [2.24, 2.45) is 0 Å². The number of hydrogen-bond donors (Lipinski definition) is 1. The predicted molar refractivity (Wildman–Crippen MR) is 134 cm³/mol. The SMILES string of the molecule is CCc1ccc(CC)c(CNC(=O)CN(c2cc(C)cc(C)c2)S(=O)(=O)c2ccccc2)c1. The summed E-state index contributed by atoms with van der Waals surface area (Å²) in [6.45, 7) is 8.07. The van der Waals surface area contributed by atoms with Gasteiger partial charge in [-0.05, 0) is 78.8 Å². The van der Waals surface area contributed by atoms with Gasteiger partial charge in [0.2, 0.25) is 5.91 Å². The van der Waals surface area contributed by atoms with Gasteiger partial charge >= 0.3 is 0 Å². The molecule has 0 unspecified atom stereocenters. The average Bonchev–Trinajstić information content (AvgIpc) is 2.80. The number of carbonyl (C=O) groups excluding carboxylic acids is 1. The number of rotatable bonds is 9. The molecule has 33 heavy (non-hydrogen) atoms. The Labute approximate surface area is 197 Å². The summed E-state index contributed by atoms with van der Waals surface area (Å²) in [5.74, 6) is -0.349. The van der Waals surface area contributed by atoms with Crippen molar-refractivity contribution >= 4 is 21.6 Å². The van der Waals surface area contributed by atoms with E-state index in [1.54, 1.807) is 42.5 Å². The Morgan fingerprint density at radius 1 is 0.848 bits per heavy atom. The second-order valence-electron chi connectivity index (χ2n) is 8.26. The average molecular weight is 465 g/mol. The van der Waals surface area contributed by atoms with Crippen LogP contribution in [0.5, 0.6) is 0 Å². The Bertz CT molecular complexity index is 1200. The zero-order valence-electron chi connectivity index (χ0n) is 19.8. The Morgan fingerprint density at radius 2 is 1.52 bits per heavy atom. The lowest BCUT2D eigenvalue weighted by molar-refractivity contribution is -0.119. The number of carbonyl (C=O) groups is 1. The summed E-state index contributed by atoms with van der Waals surface area (Å²) < 4.78 is 28.2. The minimum Gasteiger partial charge on any atom is -0.350 e. The molecule has 0 spiro atoms. The van der Waals surface area contributed by atoms with Crippen LogP contribution in [-0.2, 0) is 34.2 Å². The molecule has 1 amide bonds. The van der Waals surface area contributed by atoms with Crippen LogP contribution in [-0.4, -0.2) is 20.9 Å². The van der Waals surface area contributed by atoms with Gasteiger partial charge in [0.15, 0.2) is 0 Å². The quantitative estimate of drug-likeness (QED) is 0.488. The van der Waals surface area contributed by atoms with E-state index in [2.05, 4.69) is 37.4 Å². The fourth-order valence-corrected chi connectivity index (χ4v) is 5.34. The molecule has 3 rings (SSSR count). The van der Waals surface area contributed by atoms with Gasteiger partial charge in [-0.2, -0.15) is 0 Å². The molecule has 5 nitrogen and oxygen atoms in total. The maximum Gasteiger partial charge on any atom is 0.264 e. The molecule has 0 heterocycles. The van der Waals surface area contributed by atoms with Gasteiger partial charge in [0.05, 0.1) is 10.6 Å². The van der Waals surface area contributed by atoms with Crippen molar-refractivity contribution < 1.29 is 13.2 Å². The minimum absolute atomic E-state index is 0.154. The number of aryl methyl sites for hydroxylation is 4. The van der Waals surface area contributed by atoms with Crippen LogP contribution in [0, 0.1) is 13.8 Å². The third kappa shape index (κ3) is 6.02. The second-order valence-corrected chi connectivity index (χ2v) is 10.1. The minimum atomic E-state index is -3.92. The third-order valence-corrected chi connectivity index (χ3v) is 7.44. The summed E-state index contributed by atoms with van der Waals surface area (Å²) in [4.78, 5) is 13.1. The van der Waals surface area contributed by atoms with Crippen LogP contribution in [0.4, 0.5) is 5.69 Å². The number of benzene rings is 3. The van der Waals surface area contributed by atoms with Crippen LogP contribution in [0.3, 0.4) is 0 Å². The number of sulfonamides is 1. The van der Waals surface area contributed by atoms with E-state index in [1.165, 1.54) is 15.4 Å². The van der Waals surface area contributed by atoms with Crippen LogP contribution >= 0.6 is 0 Å². The van der Waals surface area contributed by atoms with Gasteiger partial charge in [-0.25, -0.2) is 8.42 Å². The molecule has 0 bridgehead atoms. The number of nitrogens with zero attached hydrogens (tertiary/aromatic N) is 1. The second kappa shape index (κ2) is 10.7. The maximum absolute atomic E-state index is 13.5. The van der Waals surface area contributed by atoms with Gasteiger partial charge in [0, 0.05) is 6.54 Å². The molecule has 0 radical (unpaired) electrons. The van der Waals surface area contributed by atoms with E-state index < -0.39 is 10.0 Å². The van der Waals surface area contributed by atoms with Crippen LogP contribution in [0.15, 0.2) is 71.6 Å². The van der Waals surface area contributed by atoms with Gasteiger partial charge in [-0.1, -0.05) is 56.3 Å². The highest BCUT2D eigenvalue weighted by atomic mass is 32.2. The van der Waals surface area contributed by atoms with Crippen molar-refractivity contribution in [1.82, 2.24) is 5.32 Å². The van der Waals surface area contributed by atoms with E-state index in [9.17, 15) is 13.2 Å². The molecule has 0 saturated heterocycles. The van der Waals surface area contributed by atoms with Crippen LogP contribution in [0.2, 0.25) is 0 Å². The summed E-state index contributed by atoms with van der Waals surface area (Å²) in [6.07, 6.45) is 1.78. The molecule has 3 aromatic rings. The number of anilines is 1. The van der Waals surface area contributed by atoms with E-state index in [0.29, 0.717) is 12.2 Å². The van der Waals surface area contributed by atoms with E-state index >= 15 is 0 Å². The Hall–Kier alpha value is -3.12. The maximum atomic E-state index is 13.5. The molecule has 0 fully saturated rings. The standard InChI is InChI=1S/C27H32N2O3S/c1-5-22-12-13-23(6-2)24(17-22)18-28-27(30)19-29(25-15-20(3)14-21(4)16-25)33(31,32)26-10-8-7-9-11-26/h7-17H,5-6,18-19H2,1-4H3,(H,28,30). The lowest BCUT2D eigenvalue weighted by Gasteiger charge is -2.25. The molecule has 0 aliphatic carbocycles. The van der Waals surface area contributed by atoms with E-state index in [1.807, 2.05) is 19.9 Å². The fourth-order valence-electron chi connectivity index (χ4n) is 3.92. The van der Waals surface area contributed by atoms with Crippen molar-refractivity contribution in [1.29, 1.82) is 0 Å². The first-order valence-corrected chi connectivity index (χ1v) is 12.7. The number of nitrogens with one attached hydrogen (secondary N) is 1. The predicted octanol–water partition coefficient (Wildman–Crippen LogP) is 4.94. The van der Waals surface area contributed by atoms with Crippen molar-refractivity contribution in [2.45, 2.75) is 52.0 Å². The molecule has 3 aromatic carbocycles. The van der Waals surface area contributed by atoms with Gasteiger partial charge in [0.25, 0.3) is 10.0 Å².